The van der Waals surface area contributed by atoms with Gasteiger partial charge in [0.25, 0.3) is 0 Å². The monoisotopic (exact) mass is 196 g/mol. The van der Waals surface area contributed by atoms with Gasteiger partial charge < -0.3 is 5.73 Å². The first-order valence-corrected chi connectivity index (χ1v) is 6.18. The van der Waals surface area contributed by atoms with Gasteiger partial charge in [-0.2, -0.15) is 0 Å². The van der Waals surface area contributed by atoms with Gasteiger partial charge in [0.2, 0.25) is 0 Å². The van der Waals surface area contributed by atoms with E-state index in [2.05, 4.69) is 18.7 Å². The Balaban J connectivity index is 1.89. The Hall–Kier alpha value is -0.0800. The summed E-state index contributed by atoms with van der Waals surface area (Å²) in [5.41, 5.74) is 5.99. The van der Waals surface area contributed by atoms with Crippen molar-refractivity contribution in [3.05, 3.63) is 0 Å². The van der Waals surface area contributed by atoms with Gasteiger partial charge in [-0.25, -0.2) is 0 Å². The van der Waals surface area contributed by atoms with Crippen molar-refractivity contribution in [1.29, 1.82) is 0 Å². The Morgan fingerprint density at radius 1 is 1.14 bits per heavy atom. The zero-order valence-electron chi connectivity index (χ0n) is 9.58. The lowest BCUT2D eigenvalue weighted by molar-refractivity contribution is 0.166. The molecule has 0 heterocycles. The average Bonchev–Trinajstić information content (AvgIpc) is 2.85. The molecule has 2 fully saturated rings. The fraction of sp³-hybridized carbons (Fsp3) is 1.00. The second-order valence-corrected chi connectivity index (χ2v) is 5.55. The number of nitrogens with zero attached hydrogens (tertiary/aromatic N) is 1. The third-order valence-corrected chi connectivity index (χ3v) is 3.51. The van der Waals surface area contributed by atoms with Crippen LogP contribution in [0.25, 0.3) is 0 Å². The van der Waals surface area contributed by atoms with E-state index in [1.54, 1.807) is 0 Å². The number of nitrogens with two attached hydrogens (primary N) is 1. The second kappa shape index (κ2) is 4.19. The molecule has 2 aliphatic carbocycles. The van der Waals surface area contributed by atoms with Crippen LogP contribution in [0, 0.1) is 5.92 Å². The first kappa shape index (κ1) is 10.4. The van der Waals surface area contributed by atoms with E-state index in [1.165, 1.54) is 38.6 Å². The smallest absolute Gasteiger partial charge is 0.0114 e. The highest BCUT2D eigenvalue weighted by Gasteiger charge is 2.36. The van der Waals surface area contributed by atoms with Gasteiger partial charge in [0.05, 0.1) is 0 Å². The Kier molecular flexibility index (Phi) is 3.13. The highest BCUT2D eigenvalue weighted by Crippen LogP contribution is 2.34. The predicted octanol–water partition coefficient (Wildman–Crippen LogP) is 1.99. The average molecular weight is 196 g/mol. The van der Waals surface area contributed by atoms with E-state index in [4.69, 9.17) is 5.73 Å². The summed E-state index contributed by atoms with van der Waals surface area (Å²) in [6, 6.07) is 2.20. The summed E-state index contributed by atoms with van der Waals surface area (Å²) < 4.78 is 0. The van der Waals surface area contributed by atoms with Crippen LogP contribution in [-0.2, 0) is 0 Å². The zero-order chi connectivity index (χ0) is 10.1. The van der Waals surface area contributed by atoms with Crippen LogP contribution in [0.4, 0.5) is 0 Å². The Bertz CT molecular complexity index is 187. The first-order valence-electron chi connectivity index (χ1n) is 6.18. The van der Waals surface area contributed by atoms with Crippen LogP contribution in [0.1, 0.15) is 46.0 Å². The van der Waals surface area contributed by atoms with Crippen LogP contribution < -0.4 is 5.73 Å². The molecular weight excluding hydrogens is 172 g/mol. The predicted molar refractivity (Wildman–Crippen MR) is 60.2 cm³/mol. The van der Waals surface area contributed by atoms with E-state index in [1.807, 2.05) is 0 Å². The van der Waals surface area contributed by atoms with Crippen molar-refractivity contribution in [2.75, 3.05) is 6.54 Å². The summed E-state index contributed by atoms with van der Waals surface area (Å²) in [6.45, 7) is 5.93. The van der Waals surface area contributed by atoms with Crippen LogP contribution >= 0.6 is 0 Å². The number of rotatable bonds is 4. The summed E-state index contributed by atoms with van der Waals surface area (Å²) in [5, 5.41) is 0. The molecule has 2 unspecified atom stereocenters. The Labute approximate surface area is 87.8 Å². The fourth-order valence-corrected chi connectivity index (χ4v) is 2.72. The molecule has 0 aliphatic heterocycles. The molecule has 2 aliphatic rings. The minimum Gasteiger partial charge on any atom is -0.328 e. The van der Waals surface area contributed by atoms with E-state index in [0.29, 0.717) is 6.04 Å². The maximum Gasteiger partial charge on any atom is 0.0114 e. The lowest BCUT2D eigenvalue weighted by Crippen LogP contribution is -2.38. The van der Waals surface area contributed by atoms with Gasteiger partial charge >= 0.3 is 0 Å². The minimum atomic E-state index is 0.480. The maximum absolute atomic E-state index is 5.99. The van der Waals surface area contributed by atoms with Crippen molar-refractivity contribution in [3.8, 4) is 0 Å². The van der Waals surface area contributed by atoms with Gasteiger partial charge in [-0.3, -0.25) is 4.90 Å². The van der Waals surface area contributed by atoms with Crippen LogP contribution in [0.3, 0.4) is 0 Å². The molecule has 0 aromatic carbocycles. The summed E-state index contributed by atoms with van der Waals surface area (Å²) in [7, 11) is 0. The molecule has 2 N–H and O–H groups in total. The van der Waals surface area contributed by atoms with Gasteiger partial charge in [-0.15, -0.1) is 0 Å². The molecule has 0 aromatic rings. The van der Waals surface area contributed by atoms with Crippen molar-refractivity contribution in [1.82, 2.24) is 4.90 Å². The lowest BCUT2D eigenvalue weighted by atomic mass is 10.1. The number of hydrogen-bond donors (Lipinski definition) is 1. The molecule has 0 amide bonds. The van der Waals surface area contributed by atoms with Crippen molar-refractivity contribution in [3.63, 3.8) is 0 Å². The highest BCUT2D eigenvalue weighted by molar-refractivity contribution is 4.93. The Morgan fingerprint density at radius 2 is 1.79 bits per heavy atom. The quantitative estimate of drug-likeness (QED) is 0.745. The van der Waals surface area contributed by atoms with E-state index < -0.39 is 0 Å². The molecule has 0 bridgehead atoms. The van der Waals surface area contributed by atoms with Gasteiger partial charge in [-0.05, 0) is 38.0 Å². The topological polar surface area (TPSA) is 29.3 Å². The van der Waals surface area contributed by atoms with Gasteiger partial charge in [0.15, 0.2) is 0 Å². The zero-order valence-corrected chi connectivity index (χ0v) is 9.58. The van der Waals surface area contributed by atoms with E-state index in [9.17, 15) is 0 Å². The summed E-state index contributed by atoms with van der Waals surface area (Å²) >= 11 is 0. The summed E-state index contributed by atoms with van der Waals surface area (Å²) in [4.78, 5) is 2.75. The van der Waals surface area contributed by atoms with Crippen LogP contribution in [0.5, 0.6) is 0 Å². The third-order valence-electron chi connectivity index (χ3n) is 3.51. The van der Waals surface area contributed by atoms with E-state index in [-0.39, 0.29) is 0 Å². The van der Waals surface area contributed by atoms with Crippen molar-refractivity contribution < 1.29 is 0 Å². The summed E-state index contributed by atoms with van der Waals surface area (Å²) in [5.74, 6) is 0.799. The van der Waals surface area contributed by atoms with Gasteiger partial charge in [0.1, 0.15) is 0 Å². The highest BCUT2D eigenvalue weighted by atomic mass is 15.2. The molecule has 0 saturated heterocycles. The largest absolute Gasteiger partial charge is 0.328 e. The van der Waals surface area contributed by atoms with Gasteiger partial charge in [-0.1, -0.05) is 13.8 Å². The van der Waals surface area contributed by atoms with Gasteiger partial charge in [0, 0.05) is 24.7 Å². The standard InChI is InChI=1S/C12H24N2/c1-9(2)8-14(11-5-6-11)12-4-3-10(13)7-12/h9-12H,3-8,13H2,1-2H3. The molecule has 2 rings (SSSR count). The normalized spacial score (nSPS) is 33.2. The van der Waals surface area contributed by atoms with E-state index >= 15 is 0 Å². The minimum absolute atomic E-state index is 0.480. The lowest BCUT2D eigenvalue weighted by Gasteiger charge is -2.30. The van der Waals surface area contributed by atoms with Crippen molar-refractivity contribution in [2.24, 2.45) is 11.7 Å². The molecule has 82 valence electrons. The first-order chi connectivity index (χ1) is 6.66. The van der Waals surface area contributed by atoms with Crippen LogP contribution in [0.15, 0.2) is 0 Å². The van der Waals surface area contributed by atoms with Crippen molar-refractivity contribution in [2.45, 2.75) is 64.1 Å². The molecule has 2 atom stereocenters. The maximum atomic E-state index is 5.99. The molecule has 0 spiro atoms. The number of hydrogen-bond acceptors (Lipinski definition) is 2. The molecule has 0 aromatic heterocycles. The SMILES string of the molecule is CC(C)CN(C1CC1)C1CCC(N)C1. The van der Waals surface area contributed by atoms with Crippen molar-refractivity contribution >= 4 is 0 Å². The molecule has 14 heavy (non-hydrogen) atoms. The van der Waals surface area contributed by atoms with E-state index in [0.717, 1.165) is 18.0 Å². The van der Waals surface area contributed by atoms with Crippen LogP contribution in [0.2, 0.25) is 0 Å². The molecule has 2 saturated carbocycles. The molecule has 0 radical (unpaired) electrons. The molecule has 2 nitrogen and oxygen atoms in total. The molecular formula is C12H24N2. The van der Waals surface area contributed by atoms with Crippen LogP contribution in [-0.4, -0.2) is 29.6 Å². The third kappa shape index (κ3) is 2.48. The fourth-order valence-electron chi connectivity index (χ4n) is 2.72. The summed E-state index contributed by atoms with van der Waals surface area (Å²) in [6.07, 6.45) is 6.68. The Morgan fingerprint density at radius 3 is 2.21 bits per heavy atom. The molecule has 2 heteroatoms. The second-order valence-electron chi connectivity index (χ2n) is 5.55.